The summed E-state index contributed by atoms with van der Waals surface area (Å²) in [7, 11) is 1.58. The van der Waals surface area contributed by atoms with Gasteiger partial charge < -0.3 is 9.47 Å². The summed E-state index contributed by atoms with van der Waals surface area (Å²) in [6, 6.07) is 16.7. The van der Waals surface area contributed by atoms with Gasteiger partial charge in [0.15, 0.2) is 11.5 Å². The molecule has 0 radical (unpaired) electrons. The summed E-state index contributed by atoms with van der Waals surface area (Å²) >= 11 is 3.41. The van der Waals surface area contributed by atoms with E-state index in [1.165, 1.54) is 12.4 Å². The van der Waals surface area contributed by atoms with Crippen LogP contribution in [-0.4, -0.2) is 24.2 Å². The van der Waals surface area contributed by atoms with Crippen molar-refractivity contribution in [1.29, 1.82) is 0 Å². The number of ether oxygens (including phenoxy) is 2. The van der Waals surface area contributed by atoms with Crippen LogP contribution in [0.4, 0.5) is 0 Å². The summed E-state index contributed by atoms with van der Waals surface area (Å²) in [6.07, 6.45) is 4.62. The number of amides is 1. The van der Waals surface area contributed by atoms with Gasteiger partial charge in [-0.05, 0) is 53.6 Å². The normalized spacial score (nSPS) is 10.6. The number of halogens is 1. The molecule has 1 amide bonds. The molecule has 0 unspecified atom stereocenters. The van der Waals surface area contributed by atoms with Crippen molar-refractivity contribution in [2.24, 2.45) is 5.10 Å². The van der Waals surface area contributed by atoms with E-state index in [0.717, 1.165) is 15.6 Å². The average molecular weight is 440 g/mol. The van der Waals surface area contributed by atoms with E-state index < -0.39 is 0 Å². The number of nitrogens with zero attached hydrogens (tertiary/aromatic N) is 2. The van der Waals surface area contributed by atoms with Crippen molar-refractivity contribution in [1.82, 2.24) is 10.4 Å². The van der Waals surface area contributed by atoms with Gasteiger partial charge in [-0.15, -0.1) is 0 Å². The molecule has 0 saturated heterocycles. The number of nitrogens with one attached hydrogen (secondary N) is 1. The molecule has 1 aromatic heterocycles. The SMILES string of the molecule is COc1cc(/C=N\NC(=O)c2cccnc2)ccc1OCc1ccc(Br)cc1. The Bertz CT molecular complexity index is 960. The molecule has 0 atom stereocenters. The molecule has 2 aromatic carbocycles. The fourth-order valence-electron chi connectivity index (χ4n) is 2.35. The Morgan fingerprint density at radius 1 is 1.18 bits per heavy atom. The molecule has 0 bridgehead atoms. The lowest BCUT2D eigenvalue weighted by atomic mass is 10.2. The van der Waals surface area contributed by atoms with Crippen LogP contribution in [0.5, 0.6) is 11.5 Å². The summed E-state index contributed by atoms with van der Waals surface area (Å²) in [6.45, 7) is 0.429. The Balaban J connectivity index is 1.62. The van der Waals surface area contributed by atoms with Gasteiger partial charge in [0, 0.05) is 16.9 Å². The third kappa shape index (κ3) is 5.40. The fourth-order valence-corrected chi connectivity index (χ4v) is 2.62. The minimum Gasteiger partial charge on any atom is -0.493 e. The van der Waals surface area contributed by atoms with Crippen LogP contribution in [-0.2, 0) is 6.61 Å². The van der Waals surface area contributed by atoms with Crippen LogP contribution in [0.15, 0.2) is 76.6 Å². The molecule has 28 heavy (non-hydrogen) atoms. The molecule has 0 saturated carbocycles. The first-order chi connectivity index (χ1) is 13.7. The van der Waals surface area contributed by atoms with Crippen LogP contribution in [0, 0.1) is 0 Å². The molecule has 1 N–H and O–H groups in total. The fraction of sp³-hybridized carbons (Fsp3) is 0.0952. The van der Waals surface area contributed by atoms with E-state index in [4.69, 9.17) is 9.47 Å². The summed E-state index contributed by atoms with van der Waals surface area (Å²) in [4.78, 5) is 15.8. The molecule has 0 aliphatic rings. The van der Waals surface area contributed by atoms with Crippen molar-refractivity contribution < 1.29 is 14.3 Å². The molecule has 0 aliphatic heterocycles. The van der Waals surface area contributed by atoms with Crippen LogP contribution in [0.25, 0.3) is 0 Å². The molecule has 6 nitrogen and oxygen atoms in total. The van der Waals surface area contributed by atoms with Gasteiger partial charge in [-0.25, -0.2) is 5.43 Å². The zero-order valence-corrected chi connectivity index (χ0v) is 16.7. The molecule has 3 rings (SSSR count). The lowest BCUT2D eigenvalue weighted by molar-refractivity contribution is 0.0955. The van der Waals surface area contributed by atoms with Gasteiger partial charge in [0.2, 0.25) is 0 Å². The highest BCUT2D eigenvalue weighted by molar-refractivity contribution is 9.10. The van der Waals surface area contributed by atoms with Crippen LogP contribution in [0.2, 0.25) is 0 Å². The van der Waals surface area contributed by atoms with Gasteiger partial charge in [-0.3, -0.25) is 9.78 Å². The number of pyridine rings is 1. The van der Waals surface area contributed by atoms with E-state index in [-0.39, 0.29) is 5.91 Å². The number of hydrogen-bond acceptors (Lipinski definition) is 5. The lowest BCUT2D eigenvalue weighted by Crippen LogP contribution is -2.17. The number of carbonyl (C=O) groups excluding carboxylic acids is 1. The minimum absolute atomic E-state index is 0.328. The van der Waals surface area contributed by atoms with Crippen molar-refractivity contribution in [3.05, 3.63) is 88.2 Å². The standard InChI is InChI=1S/C21H18BrN3O3/c1-27-20-11-16(12-24-25-21(26)17-3-2-10-23-13-17)6-9-19(20)28-14-15-4-7-18(22)8-5-15/h2-13H,14H2,1H3,(H,25,26)/b24-12-. The van der Waals surface area contributed by atoms with E-state index in [0.29, 0.717) is 23.7 Å². The van der Waals surface area contributed by atoms with Crippen molar-refractivity contribution in [2.45, 2.75) is 6.61 Å². The predicted octanol–water partition coefficient (Wildman–Crippen LogP) is 4.20. The zero-order chi connectivity index (χ0) is 19.8. The Morgan fingerprint density at radius 3 is 2.71 bits per heavy atom. The van der Waals surface area contributed by atoms with E-state index in [1.807, 2.05) is 36.4 Å². The molecule has 3 aromatic rings. The molecule has 7 heteroatoms. The van der Waals surface area contributed by atoms with Crippen molar-refractivity contribution in [2.75, 3.05) is 7.11 Å². The van der Waals surface area contributed by atoms with Gasteiger partial charge in [-0.1, -0.05) is 28.1 Å². The van der Waals surface area contributed by atoms with E-state index in [2.05, 4.69) is 31.4 Å². The molecule has 1 heterocycles. The minimum atomic E-state index is -0.328. The van der Waals surface area contributed by atoms with E-state index >= 15 is 0 Å². The summed E-state index contributed by atoms with van der Waals surface area (Å²) in [5.74, 6) is 0.882. The van der Waals surface area contributed by atoms with E-state index in [1.54, 1.807) is 31.5 Å². The molecular weight excluding hydrogens is 422 g/mol. The largest absolute Gasteiger partial charge is 0.493 e. The Labute approximate surface area is 171 Å². The first-order valence-electron chi connectivity index (χ1n) is 8.44. The number of rotatable bonds is 7. The maximum atomic E-state index is 11.9. The van der Waals surface area contributed by atoms with Crippen molar-refractivity contribution in [3.63, 3.8) is 0 Å². The third-order valence-corrected chi connectivity index (χ3v) is 4.33. The van der Waals surface area contributed by atoms with Crippen LogP contribution >= 0.6 is 15.9 Å². The van der Waals surface area contributed by atoms with Gasteiger partial charge in [0.05, 0.1) is 18.9 Å². The Morgan fingerprint density at radius 2 is 2.00 bits per heavy atom. The molecule has 142 valence electrons. The number of carbonyl (C=O) groups is 1. The van der Waals surface area contributed by atoms with Crippen LogP contribution in [0.1, 0.15) is 21.5 Å². The molecule has 0 fully saturated rings. The zero-order valence-electron chi connectivity index (χ0n) is 15.1. The van der Waals surface area contributed by atoms with Gasteiger partial charge in [-0.2, -0.15) is 5.10 Å². The first-order valence-corrected chi connectivity index (χ1v) is 9.24. The topological polar surface area (TPSA) is 72.8 Å². The number of benzene rings is 2. The highest BCUT2D eigenvalue weighted by Gasteiger charge is 2.06. The lowest BCUT2D eigenvalue weighted by Gasteiger charge is -2.11. The quantitative estimate of drug-likeness (QED) is 0.442. The smallest absolute Gasteiger partial charge is 0.272 e. The molecular formula is C21H18BrN3O3. The third-order valence-electron chi connectivity index (χ3n) is 3.80. The number of hydrogen-bond donors (Lipinski definition) is 1. The Kier molecular flexibility index (Phi) is 6.75. The summed E-state index contributed by atoms with van der Waals surface area (Å²) in [5.41, 5.74) is 4.72. The summed E-state index contributed by atoms with van der Waals surface area (Å²) in [5, 5.41) is 3.97. The number of hydrazone groups is 1. The monoisotopic (exact) mass is 439 g/mol. The van der Waals surface area contributed by atoms with Gasteiger partial charge >= 0.3 is 0 Å². The highest BCUT2D eigenvalue weighted by atomic mass is 79.9. The average Bonchev–Trinajstić information content (AvgIpc) is 2.74. The molecule has 0 aliphatic carbocycles. The highest BCUT2D eigenvalue weighted by Crippen LogP contribution is 2.28. The maximum Gasteiger partial charge on any atom is 0.272 e. The predicted molar refractivity (Wildman–Crippen MR) is 111 cm³/mol. The van der Waals surface area contributed by atoms with Crippen LogP contribution in [0.3, 0.4) is 0 Å². The molecule has 0 spiro atoms. The van der Waals surface area contributed by atoms with Crippen molar-refractivity contribution >= 4 is 28.1 Å². The van der Waals surface area contributed by atoms with Gasteiger partial charge in [0.1, 0.15) is 6.61 Å². The van der Waals surface area contributed by atoms with Crippen molar-refractivity contribution in [3.8, 4) is 11.5 Å². The number of methoxy groups -OCH3 is 1. The van der Waals surface area contributed by atoms with Gasteiger partial charge in [0.25, 0.3) is 5.91 Å². The second-order valence-electron chi connectivity index (χ2n) is 5.77. The number of aromatic nitrogens is 1. The first kappa shape index (κ1) is 19.6. The second-order valence-corrected chi connectivity index (χ2v) is 6.68. The second kappa shape index (κ2) is 9.66. The van der Waals surface area contributed by atoms with E-state index in [9.17, 15) is 4.79 Å². The summed E-state index contributed by atoms with van der Waals surface area (Å²) < 4.78 is 12.3. The Hall–Kier alpha value is -3.19. The van der Waals surface area contributed by atoms with Crippen LogP contribution < -0.4 is 14.9 Å². The maximum absolute atomic E-state index is 11.9.